The van der Waals surface area contributed by atoms with Gasteiger partial charge in [-0.25, -0.2) is 9.80 Å². The lowest BCUT2D eigenvalue weighted by Gasteiger charge is -2.36. The quantitative estimate of drug-likeness (QED) is 0.199. The smallest absolute Gasteiger partial charge is 0.406 e. The van der Waals surface area contributed by atoms with Gasteiger partial charge in [0, 0.05) is 17.1 Å². The number of primary amides is 1. The van der Waals surface area contributed by atoms with Crippen molar-refractivity contribution in [1.29, 1.82) is 0 Å². The van der Waals surface area contributed by atoms with E-state index >= 15 is 0 Å². The Morgan fingerprint density at radius 3 is 1.79 bits per heavy atom. The van der Waals surface area contributed by atoms with Gasteiger partial charge in [0.15, 0.2) is 0 Å². The van der Waals surface area contributed by atoms with Crippen LogP contribution in [0.2, 0.25) is 0 Å². The highest BCUT2D eigenvalue weighted by Gasteiger charge is 2.32. The molecule has 3 N–H and O–H groups in total. The van der Waals surface area contributed by atoms with E-state index in [2.05, 4.69) is 14.5 Å². The molecule has 0 unspecified atom stereocenters. The molecule has 0 saturated carbocycles. The van der Waals surface area contributed by atoms with Crippen LogP contribution in [0.5, 0.6) is 11.5 Å². The van der Waals surface area contributed by atoms with Gasteiger partial charge in [-0.3, -0.25) is 5.01 Å². The average molecular weight is 538 g/mol. The van der Waals surface area contributed by atoms with Gasteiger partial charge in [-0.15, -0.1) is 26.3 Å². The van der Waals surface area contributed by atoms with Crippen LogP contribution in [0.25, 0.3) is 10.9 Å². The van der Waals surface area contributed by atoms with Crippen LogP contribution in [-0.4, -0.2) is 28.7 Å². The van der Waals surface area contributed by atoms with Crippen LogP contribution in [0.3, 0.4) is 0 Å². The summed E-state index contributed by atoms with van der Waals surface area (Å²) >= 11 is 0. The summed E-state index contributed by atoms with van der Waals surface area (Å²) in [5.41, 5.74) is 7.99. The lowest BCUT2D eigenvalue weighted by atomic mass is 10.1. The van der Waals surface area contributed by atoms with Crippen molar-refractivity contribution in [2.24, 2.45) is 5.73 Å². The van der Waals surface area contributed by atoms with Gasteiger partial charge in [-0.05, 0) is 53.6 Å². The van der Waals surface area contributed by atoms with E-state index in [1.54, 1.807) is 24.4 Å². The average Bonchev–Trinajstić information content (AvgIpc) is 3.31. The highest BCUT2D eigenvalue weighted by atomic mass is 19.4. The standard InChI is InChI=1S/C25H20F6N4O3/c26-24(27,28)37-18-8-4-16(5-9-18)14-34(22-3-1-2-21-20(22)12-13-33-21)35(23(32)36)15-17-6-10-19(11-7-17)38-25(29,30)31/h1-13,33H,14-15H2,(H2,32,36). The minimum atomic E-state index is -4.85. The van der Waals surface area contributed by atoms with Crippen molar-refractivity contribution >= 4 is 22.6 Å². The van der Waals surface area contributed by atoms with E-state index in [-0.39, 0.29) is 13.1 Å². The second kappa shape index (κ2) is 10.4. The number of anilines is 1. The van der Waals surface area contributed by atoms with Crippen LogP contribution < -0.4 is 20.2 Å². The van der Waals surface area contributed by atoms with E-state index in [0.717, 1.165) is 35.2 Å². The maximum atomic E-state index is 12.6. The molecule has 0 saturated heterocycles. The Kier molecular flexibility index (Phi) is 7.28. The molecule has 0 aliphatic carbocycles. The highest BCUT2D eigenvalue weighted by Crippen LogP contribution is 2.31. The molecule has 0 radical (unpaired) electrons. The summed E-state index contributed by atoms with van der Waals surface area (Å²) in [6, 6.07) is 16.2. The van der Waals surface area contributed by atoms with Crippen LogP contribution in [0.4, 0.5) is 36.8 Å². The molecule has 13 heteroatoms. The molecular formula is C25H20F6N4O3. The van der Waals surface area contributed by atoms with Gasteiger partial charge in [0.1, 0.15) is 11.5 Å². The zero-order valence-corrected chi connectivity index (χ0v) is 19.4. The predicted octanol–water partition coefficient (Wildman–Crippen LogP) is 6.47. The lowest BCUT2D eigenvalue weighted by molar-refractivity contribution is -0.275. The molecule has 0 aliphatic rings. The number of hydrogen-bond acceptors (Lipinski definition) is 4. The number of ether oxygens (including phenoxy) is 2. The van der Waals surface area contributed by atoms with Crippen molar-refractivity contribution in [2.45, 2.75) is 25.8 Å². The van der Waals surface area contributed by atoms with E-state index in [1.165, 1.54) is 34.3 Å². The molecule has 7 nitrogen and oxygen atoms in total. The number of hydrogen-bond donors (Lipinski definition) is 2. The molecule has 1 aromatic heterocycles. The number of urea groups is 1. The molecule has 3 aromatic carbocycles. The Balaban J connectivity index is 1.67. The van der Waals surface area contributed by atoms with Crippen LogP contribution in [-0.2, 0) is 13.1 Å². The summed E-state index contributed by atoms with van der Waals surface area (Å²) in [6.07, 6.45) is -8.00. The molecule has 38 heavy (non-hydrogen) atoms. The van der Waals surface area contributed by atoms with Crippen LogP contribution in [0, 0.1) is 0 Å². The number of nitrogens with two attached hydrogens (primary N) is 1. The molecule has 0 atom stereocenters. The Morgan fingerprint density at radius 1 is 0.763 bits per heavy atom. The zero-order chi connectivity index (χ0) is 27.5. The van der Waals surface area contributed by atoms with E-state index in [1.807, 2.05) is 6.07 Å². The number of carbonyl (C=O) groups is 1. The maximum absolute atomic E-state index is 12.6. The van der Waals surface area contributed by atoms with E-state index in [9.17, 15) is 31.1 Å². The number of rotatable bonds is 8. The van der Waals surface area contributed by atoms with Gasteiger partial charge in [0.25, 0.3) is 0 Å². The van der Waals surface area contributed by atoms with E-state index < -0.39 is 30.3 Å². The topological polar surface area (TPSA) is 83.8 Å². The van der Waals surface area contributed by atoms with Crippen molar-refractivity contribution in [1.82, 2.24) is 9.99 Å². The second-order valence-electron chi connectivity index (χ2n) is 8.05. The number of carbonyl (C=O) groups excluding carboxylic acids is 1. The van der Waals surface area contributed by atoms with Gasteiger partial charge in [-0.1, -0.05) is 30.3 Å². The molecule has 0 bridgehead atoms. The number of aromatic amines is 1. The van der Waals surface area contributed by atoms with Crippen molar-refractivity contribution in [3.05, 3.63) is 90.1 Å². The lowest BCUT2D eigenvalue weighted by Crippen LogP contribution is -2.48. The monoisotopic (exact) mass is 538 g/mol. The molecule has 0 fully saturated rings. The Hall–Kier alpha value is -4.55. The molecule has 0 aliphatic heterocycles. The van der Waals surface area contributed by atoms with Gasteiger partial charge in [0.2, 0.25) is 0 Å². The summed E-state index contributed by atoms with van der Waals surface area (Å²) in [6.45, 7) is -0.119. The van der Waals surface area contributed by atoms with Gasteiger partial charge < -0.3 is 20.2 Å². The first-order valence-electron chi connectivity index (χ1n) is 11.0. The number of amides is 2. The number of nitrogens with zero attached hydrogens (tertiary/aromatic N) is 2. The Bertz CT molecular complexity index is 1390. The molecular weight excluding hydrogens is 518 g/mol. The van der Waals surface area contributed by atoms with Gasteiger partial charge in [0.05, 0.1) is 18.8 Å². The number of fused-ring (bicyclic) bond motifs is 1. The van der Waals surface area contributed by atoms with Gasteiger partial charge >= 0.3 is 18.8 Å². The molecule has 1 heterocycles. The second-order valence-corrected chi connectivity index (χ2v) is 8.05. The molecule has 4 aromatic rings. The summed E-state index contributed by atoms with van der Waals surface area (Å²) < 4.78 is 82.9. The highest BCUT2D eigenvalue weighted by molar-refractivity contribution is 5.93. The summed E-state index contributed by atoms with van der Waals surface area (Å²) in [5, 5.41) is 3.45. The van der Waals surface area contributed by atoms with Crippen LogP contribution >= 0.6 is 0 Å². The number of alkyl halides is 6. The fraction of sp³-hybridized carbons (Fsp3) is 0.160. The number of benzene rings is 3. The fourth-order valence-electron chi connectivity index (χ4n) is 3.82. The van der Waals surface area contributed by atoms with Crippen molar-refractivity contribution in [3.8, 4) is 11.5 Å². The third-order valence-electron chi connectivity index (χ3n) is 5.37. The first-order chi connectivity index (χ1) is 17.9. The third kappa shape index (κ3) is 6.81. The predicted molar refractivity (Wildman–Crippen MR) is 126 cm³/mol. The third-order valence-corrected chi connectivity index (χ3v) is 5.37. The van der Waals surface area contributed by atoms with Crippen molar-refractivity contribution < 1.29 is 40.6 Å². The summed E-state index contributed by atoms with van der Waals surface area (Å²) in [4.78, 5) is 15.7. The van der Waals surface area contributed by atoms with Crippen molar-refractivity contribution in [3.63, 3.8) is 0 Å². The number of nitrogens with one attached hydrogen (secondary N) is 1. The van der Waals surface area contributed by atoms with Crippen LogP contribution in [0.1, 0.15) is 11.1 Å². The first kappa shape index (κ1) is 26.5. The van der Waals surface area contributed by atoms with Crippen LogP contribution in [0.15, 0.2) is 79.0 Å². The molecule has 4 rings (SSSR count). The Labute approximate surface area is 211 Å². The normalized spacial score (nSPS) is 11.8. The summed E-state index contributed by atoms with van der Waals surface area (Å²) in [5.74, 6) is -0.838. The SMILES string of the molecule is NC(=O)N(Cc1ccc(OC(F)(F)F)cc1)N(Cc1ccc(OC(F)(F)F)cc1)c1cccc2[nH]ccc12. The fourth-order valence-corrected chi connectivity index (χ4v) is 3.82. The number of aromatic nitrogens is 1. The van der Waals surface area contributed by atoms with E-state index in [4.69, 9.17) is 5.73 Å². The molecule has 200 valence electrons. The first-order valence-corrected chi connectivity index (χ1v) is 11.0. The Morgan fingerprint density at radius 2 is 1.29 bits per heavy atom. The minimum Gasteiger partial charge on any atom is -0.406 e. The van der Waals surface area contributed by atoms with E-state index in [0.29, 0.717) is 16.8 Å². The maximum Gasteiger partial charge on any atom is 0.573 e. The van der Waals surface area contributed by atoms with Crippen molar-refractivity contribution in [2.75, 3.05) is 5.01 Å². The summed E-state index contributed by atoms with van der Waals surface area (Å²) in [7, 11) is 0. The van der Waals surface area contributed by atoms with Gasteiger partial charge in [-0.2, -0.15) is 0 Å². The molecule has 0 spiro atoms. The zero-order valence-electron chi connectivity index (χ0n) is 19.4. The number of hydrazine groups is 1. The minimum absolute atomic E-state index is 0.00873. The number of halogens is 6. The molecule has 2 amide bonds. The largest absolute Gasteiger partial charge is 0.573 e. The number of H-pyrrole nitrogens is 1.